The topological polar surface area (TPSA) is 60.9 Å². The standard InChI is InChI=1S/C12H20N2O3/c1-3-7-14-9-4-8-13(2)10(12(14)17)5-6-11(15)16/h3,10H,1,4-9H2,2H3,(H,15,16). The van der Waals surface area contributed by atoms with Crippen molar-refractivity contribution in [3.05, 3.63) is 12.7 Å². The molecule has 1 atom stereocenters. The van der Waals surface area contributed by atoms with E-state index in [0.29, 0.717) is 13.0 Å². The predicted molar refractivity (Wildman–Crippen MR) is 64.7 cm³/mol. The van der Waals surface area contributed by atoms with Gasteiger partial charge in [-0.2, -0.15) is 0 Å². The molecule has 1 amide bonds. The van der Waals surface area contributed by atoms with E-state index in [1.165, 1.54) is 0 Å². The van der Waals surface area contributed by atoms with Crippen LogP contribution < -0.4 is 0 Å². The van der Waals surface area contributed by atoms with Gasteiger partial charge in [0.2, 0.25) is 5.91 Å². The van der Waals surface area contributed by atoms with Crippen LogP contribution in [-0.2, 0) is 9.59 Å². The van der Waals surface area contributed by atoms with E-state index in [0.717, 1.165) is 19.5 Å². The average Bonchev–Trinajstić information content (AvgIpc) is 2.38. The molecule has 0 bridgehead atoms. The second-order valence-corrected chi connectivity index (χ2v) is 4.36. The molecule has 0 spiro atoms. The summed E-state index contributed by atoms with van der Waals surface area (Å²) in [4.78, 5) is 26.5. The lowest BCUT2D eigenvalue weighted by Gasteiger charge is -2.27. The summed E-state index contributed by atoms with van der Waals surface area (Å²) in [6.45, 7) is 5.72. The molecule has 0 aromatic carbocycles. The number of hydrogen-bond acceptors (Lipinski definition) is 3. The van der Waals surface area contributed by atoms with Crippen molar-refractivity contribution < 1.29 is 14.7 Å². The molecule has 1 heterocycles. The van der Waals surface area contributed by atoms with Gasteiger partial charge in [0.1, 0.15) is 0 Å². The van der Waals surface area contributed by atoms with Crippen LogP contribution in [0.4, 0.5) is 0 Å². The fourth-order valence-electron chi connectivity index (χ4n) is 2.12. The highest BCUT2D eigenvalue weighted by Gasteiger charge is 2.30. The summed E-state index contributed by atoms with van der Waals surface area (Å²) in [5, 5.41) is 8.70. The largest absolute Gasteiger partial charge is 0.481 e. The molecule has 1 aliphatic rings. The summed E-state index contributed by atoms with van der Waals surface area (Å²) in [5.74, 6) is -0.836. The Bertz CT molecular complexity index is 304. The fraction of sp³-hybridized carbons (Fsp3) is 0.667. The van der Waals surface area contributed by atoms with E-state index in [2.05, 4.69) is 6.58 Å². The third-order valence-corrected chi connectivity index (χ3v) is 3.05. The third kappa shape index (κ3) is 3.85. The molecule has 5 nitrogen and oxygen atoms in total. The second-order valence-electron chi connectivity index (χ2n) is 4.36. The predicted octanol–water partition coefficient (Wildman–Crippen LogP) is 0.570. The smallest absolute Gasteiger partial charge is 0.303 e. The van der Waals surface area contributed by atoms with Crippen molar-refractivity contribution in [1.29, 1.82) is 0 Å². The molecule has 1 aliphatic heterocycles. The van der Waals surface area contributed by atoms with Crippen LogP contribution in [0.3, 0.4) is 0 Å². The van der Waals surface area contributed by atoms with E-state index in [1.54, 1.807) is 11.0 Å². The number of rotatable bonds is 5. The van der Waals surface area contributed by atoms with Gasteiger partial charge >= 0.3 is 5.97 Å². The number of aliphatic carboxylic acids is 1. The zero-order chi connectivity index (χ0) is 12.8. The maximum Gasteiger partial charge on any atom is 0.303 e. The van der Waals surface area contributed by atoms with Crippen molar-refractivity contribution in [2.45, 2.75) is 25.3 Å². The number of nitrogens with zero attached hydrogens (tertiary/aromatic N) is 2. The molecule has 0 aromatic rings. The van der Waals surface area contributed by atoms with E-state index in [9.17, 15) is 9.59 Å². The molecular weight excluding hydrogens is 220 g/mol. The lowest BCUT2D eigenvalue weighted by Crippen LogP contribution is -2.44. The molecule has 1 rings (SSSR count). The van der Waals surface area contributed by atoms with Gasteiger partial charge in [-0.3, -0.25) is 14.5 Å². The lowest BCUT2D eigenvalue weighted by molar-refractivity contribution is -0.138. The Labute approximate surface area is 102 Å². The number of carboxylic acid groups (broad SMARTS) is 1. The molecule has 1 saturated heterocycles. The molecule has 1 fully saturated rings. The highest BCUT2D eigenvalue weighted by Crippen LogP contribution is 2.14. The first-order chi connectivity index (χ1) is 8.06. The van der Waals surface area contributed by atoms with Gasteiger partial charge in [0, 0.05) is 26.1 Å². The van der Waals surface area contributed by atoms with Crippen LogP contribution in [0.25, 0.3) is 0 Å². The zero-order valence-corrected chi connectivity index (χ0v) is 10.3. The Hall–Kier alpha value is -1.36. The number of carbonyl (C=O) groups is 2. The van der Waals surface area contributed by atoms with E-state index in [4.69, 9.17) is 5.11 Å². The minimum Gasteiger partial charge on any atom is -0.481 e. The molecule has 5 heteroatoms. The molecule has 17 heavy (non-hydrogen) atoms. The molecule has 1 N–H and O–H groups in total. The monoisotopic (exact) mass is 240 g/mol. The van der Waals surface area contributed by atoms with Gasteiger partial charge in [-0.25, -0.2) is 0 Å². The third-order valence-electron chi connectivity index (χ3n) is 3.05. The van der Waals surface area contributed by atoms with Gasteiger partial charge < -0.3 is 10.0 Å². The highest BCUT2D eigenvalue weighted by atomic mass is 16.4. The van der Waals surface area contributed by atoms with Gasteiger partial charge in [0.05, 0.1) is 6.04 Å². The number of likely N-dealkylation sites (N-methyl/N-ethyl adjacent to an activating group) is 1. The van der Waals surface area contributed by atoms with Crippen LogP contribution in [0.1, 0.15) is 19.3 Å². The fourth-order valence-corrected chi connectivity index (χ4v) is 2.12. The minimum atomic E-state index is -0.856. The van der Waals surface area contributed by atoms with Crippen molar-refractivity contribution in [2.24, 2.45) is 0 Å². The molecular formula is C12H20N2O3. The van der Waals surface area contributed by atoms with Crippen LogP contribution in [0.2, 0.25) is 0 Å². The number of hydrogen-bond donors (Lipinski definition) is 1. The average molecular weight is 240 g/mol. The summed E-state index contributed by atoms with van der Waals surface area (Å²) < 4.78 is 0. The van der Waals surface area contributed by atoms with Gasteiger partial charge in [0.25, 0.3) is 0 Å². The molecule has 0 aromatic heterocycles. The lowest BCUT2D eigenvalue weighted by atomic mass is 10.1. The normalized spacial score (nSPS) is 22.3. The van der Waals surface area contributed by atoms with Gasteiger partial charge in [-0.05, 0) is 19.9 Å². The Balaban J connectivity index is 2.70. The maximum absolute atomic E-state index is 12.2. The van der Waals surface area contributed by atoms with Crippen molar-refractivity contribution in [3.8, 4) is 0 Å². The molecule has 0 saturated carbocycles. The summed E-state index contributed by atoms with van der Waals surface area (Å²) in [6, 6.07) is -0.312. The van der Waals surface area contributed by atoms with E-state index in [1.807, 2.05) is 11.9 Å². The zero-order valence-electron chi connectivity index (χ0n) is 10.3. The number of amides is 1. The summed E-state index contributed by atoms with van der Waals surface area (Å²) >= 11 is 0. The second kappa shape index (κ2) is 6.39. The van der Waals surface area contributed by atoms with Crippen LogP contribution in [0, 0.1) is 0 Å². The first kappa shape index (κ1) is 13.7. The number of carbonyl (C=O) groups excluding carboxylic acids is 1. The summed E-state index contributed by atoms with van der Waals surface area (Å²) in [7, 11) is 1.88. The Morgan fingerprint density at radius 3 is 2.88 bits per heavy atom. The summed E-state index contributed by atoms with van der Waals surface area (Å²) in [5.41, 5.74) is 0. The van der Waals surface area contributed by atoms with Gasteiger partial charge in [-0.1, -0.05) is 6.08 Å². The first-order valence-electron chi connectivity index (χ1n) is 5.88. The minimum absolute atomic E-state index is 0.0196. The quantitative estimate of drug-likeness (QED) is 0.714. The first-order valence-corrected chi connectivity index (χ1v) is 5.88. The molecule has 1 unspecified atom stereocenters. The molecule has 96 valence electrons. The SMILES string of the molecule is C=CCN1CCCN(C)C(CCC(=O)O)C1=O. The number of carboxylic acids is 1. The van der Waals surface area contributed by atoms with Crippen molar-refractivity contribution >= 4 is 11.9 Å². The van der Waals surface area contributed by atoms with Crippen LogP contribution in [0.5, 0.6) is 0 Å². The Morgan fingerprint density at radius 1 is 1.59 bits per heavy atom. The van der Waals surface area contributed by atoms with E-state index >= 15 is 0 Å². The van der Waals surface area contributed by atoms with E-state index in [-0.39, 0.29) is 18.4 Å². The van der Waals surface area contributed by atoms with Gasteiger partial charge in [-0.15, -0.1) is 6.58 Å². The molecule has 0 aliphatic carbocycles. The van der Waals surface area contributed by atoms with Gasteiger partial charge in [0.15, 0.2) is 0 Å². The van der Waals surface area contributed by atoms with Crippen LogP contribution >= 0.6 is 0 Å². The van der Waals surface area contributed by atoms with Crippen LogP contribution in [0.15, 0.2) is 12.7 Å². The van der Waals surface area contributed by atoms with Crippen LogP contribution in [-0.4, -0.2) is 59.5 Å². The van der Waals surface area contributed by atoms with Crippen molar-refractivity contribution in [3.63, 3.8) is 0 Å². The maximum atomic E-state index is 12.2. The highest BCUT2D eigenvalue weighted by molar-refractivity contribution is 5.83. The Kier molecular flexibility index (Phi) is 5.15. The van der Waals surface area contributed by atoms with Crippen molar-refractivity contribution in [2.75, 3.05) is 26.7 Å². The summed E-state index contributed by atoms with van der Waals surface area (Å²) in [6.07, 6.45) is 3.03. The Morgan fingerprint density at radius 2 is 2.29 bits per heavy atom. The molecule has 0 radical (unpaired) electrons. The van der Waals surface area contributed by atoms with E-state index < -0.39 is 5.97 Å². The van der Waals surface area contributed by atoms with Crippen molar-refractivity contribution in [1.82, 2.24) is 9.80 Å².